The van der Waals surface area contributed by atoms with E-state index in [4.69, 9.17) is 4.74 Å². The van der Waals surface area contributed by atoms with Gasteiger partial charge in [-0.3, -0.25) is 0 Å². The zero-order valence-electron chi connectivity index (χ0n) is 11.8. The van der Waals surface area contributed by atoms with Crippen LogP contribution < -0.4 is 5.32 Å². The molecule has 2 aromatic rings. The van der Waals surface area contributed by atoms with Crippen LogP contribution in [0, 0.1) is 13.8 Å². The van der Waals surface area contributed by atoms with Gasteiger partial charge in [0, 0.05) is 18.3 Å². The molecule has 6 heteroatoms. The van der Waals surface area contributed by atoms with E-state index in [1.165, 1.54) is 7.11 Å². The molecule has 1 N–H and O–H groups in total. The average Bonchev–Trinajstić information content (AvgIpc) is 2.84. The van der Waals surface area contributed by atoms with Gasteiger partial charge in [-0.05, 0) is 26.0 Å². The number of aryl methyl sites for hydroxylation is 2. The average molecular weight is 291 g/mol. The predicted molar refractivity (Wildman–Crippen MR) is 79.4 cm³/mol. The molecule has 106 valence electrons. The minimum absolute atomic E-state index is 0.362. The lowest BCUT2D eigenvalue weighted by atomic mass is 10.2. The van der Waals surface area contributed by atoms with Crippen molar-refractivity contribution >= 4 is 23.1 Å². The highest BCUT2D eigenvalue weighted by atomic mass is 32.1. The van der Waals surface area contributed by atoms with Crippen LogP contribution in [0.2, 0.25) is 0 Å². The summed E-state index contributed by atoms with van der Waals surface area (Å²) in [5.41, 5.74) is 2.24. The molecule has 2 aromatic heterocycles. The van der Waals surface area contributed by atoms with E-state index >= 15 is 0 Å². The Hall–Kier alpha value is -1.95. The summed E-state index contributed by atoms with van der Waals surface area (Å²) in [6.45, 7) is 4.55. The van der Waals surface area contributed by atoms with Crippen LogP contribution in [0.1, 0.15) is 26.8 Å². The molecule has 2 heterocycles. The van der Waals surface area contributed by atoms with Gasteiger partial charge in [0.2, 0.25) is 0 Å². The number of carbonyl (C=O) groups is 1. The van der Waals surface area contributed by atoms with Crippen molar-refractivity contribution in [1.82, 2.24) is 9.97 Å². The van der Waals surface area contributed by atoms with Crippen molar-refractivity contribution in [3.05, 3.63) is 39.5 Å². The predicted octanol–water partition coefficient (Wildman–Crippen LogP) is 2.60. The van der Waals surface area contributed by atoms with Crippen molar-refractivity contribution in [2.75, 3.05) is 19.0 Å². The van der Waals surface area contributed by atoms with Gasteiger partial charge in [-0.2, -0.15) is 0 Å². The molecule has 0 saturated carbocycles. The molecule has 0 radical (unpaired) electrons. The highest BCUT2D eigenvalue weighted by molar-refractivity contribution is 7.09. The minimum atomic E-state index is -0.362. The van der Waals surface area contributed by atoms with E-state index in [9.17, 15) is 4.79 Å². The lowest BCUT2D eigenvalue weighted by Gasteiger charge is -2.08. The molecule has 0 unspecified atom stereocenters. The molecule has 5 nitrogen and oxygen atoms in total. The van der Waals surface area contributed by atoms with Crippen molar-refractivity contribution < 1.29 is 9.53 Å². The Morgan fingerprint density at radius 2 is 2.15 bits per heavy atom. The second kappa shape index (κ2) is 6.47. The van der Waals surface area contributed by atoms with Crippen LogP contribution >= 0.6 is 11.3 Å². The van der Waals surface area contributed by atoms with Crippen molar-refractivity contribution in [3.63, 3.8) is 0 Å². The van der Waals surface area contributed by atoms with Crippen molar-refractivity contribution in [2.45, 2.75) is 20.3 Å². The van der Waals surface area contributed by atoms with E-state index in [0.29, 0.717) is 11.3 Å². The third kappa shape index (κ3) is 3.54. The number of hydrogen-bond acceptors (Lipinski definition) is 6. The monoisotopic (exact) mass is 291 g/mol. The zero-order valence-corrected chi connectivity index (χ0v) is 12.6. The standard InChI is InChI=1S/C14H17N3O2S/c1-9-12(14(18)19-3)4-5-13(16-9)15-7-6-11-8-20-10(2)17-11/h4-5,8H,6-7H2,1-3H3,(H,15,16). The molecule has 0 spiro atoms. The van der Waals surface area contributed by atoms with Gasteiger partial charge >= 0.3 is 5.97 Å². The number of nitrogens with zero attached hydrogens (tertiary/aromatic N) is 2. The maximum atomic E-state index is 11.5. The fourth-order valence-corrected chi connectivity index (χ4v) is 2.47. The molecule has 0 amide bonds. The van der Waals surface area contributed by atoms with Gasteiger partial charge in [0.1, 0.15) is 5.82 Å². The van der Waals surface area contributed by atoms with Gasteiger partial charge in [0.25, 0.3) is 0 Å². The van der Waals surface area contributed by atoms with Crippen LogP contribution in [-0.4, -0.2) is 29.6 Å². The molecule has 0 fully saturated rings. The molecule has 0 bridgehead atoms. The number of esters is 1. The number of pyridine rings is 1. The quantitative estimate of drug-likeness (QED) is 0.858. The van der Waals surface area contributed by atoms with E-state index in [1.54, 1.807) is 30.4 Å². The minimum Gasteiger partial charge on any atom is -0.465 e. The Morgan fingerprint density at radius 3 is 2.75 bits per heavy atom. The fraction of sp³-hybridized carbons (Fsp3) is 0.357. The van der Waals surface area contributed by atoms with Gasteiger partial charge in [0.15, 0.2) is 0 Å². The second-order valence-electron chi connectivity index (χ2n) is 4.36. The maximum Gasteiger partial charge on any atom is 0.339 e. The first-order chi connectivity index (χ1) is 9.60. The third-order valence-corrected chi connectivity index (χ3v) is 3.67. The number of thiazole rings is 1. The van der Waals surface area contributed by atoms with Gasteiger partial charge < -0.3 is 10.1 Å². The lowest BCUT2D eigenvalue weighted by Crippen LogP contribution is -2.10. The third-order valence-electron chi connectivity index (χ3n) is 2.84. The topological polar surface area (TPSA) is 64.1 Å². The van der Waals surface area contributed by atoms with Gasteiger partial charge in [0.05, 0.1) is 29.1 Å². The number of anilines is 1. The van der Waals surface area contributed by atoms with Crippen LogP contribution in [0.3, 0.4) is 0 Å². The smallest absolute Gasteiger partial charge is 0.339 e. The number of ether oxygens (including phenoxy) is 1. The largest absolute Gasteiger partial charge is 0.465 e. The normalized spacial score (nSPS) is 10.3. The Labute approximate surface area is 122 Å². The molecule has 0 saturated heterocycles. The van der Waals surface area contributed by atoms with Crippen molar-refractivity contribution in [2.24, 2.45) is 0 Å². The number of aromatic nitrogens is 2. The van der Waals surface area contributed by atoms with Crippen LogP contribution in [0.15, 0.2) is 17.5 Å². The summed E-state index contributed by atoms with van der Waals surface area (Å²) in [6, 6.07) is 3.51. The summed E-state index contributed by atoms with van der Waals surface area (Å²) in [5.74, 6) is 0.390. The van der Waals surface area contributed by atoms with E-state index in [-0.39, 0.29) is 5.97 Å². The van der Waals surface area contributed by atoms with Gasteiger partial charge in [-0.25, -0.2) is 14.8 Å². The van der Waals surface area contributed by atoms with Crippen LogP contribution in [0.25, 0.3) is 0 Å². The second-order valence-corrected chi connectivity index (χ2v) is 5.42. The van der Waals surface area contributed by atoms with E-state index in [2.05, 4.69) is 20.7 Å². The summed E-state index contributed by atoms with van der Waals surface area (Å²) >= 11 is 1.65. The molecule has 0 aliphatic carbocycles. The summed E-state index contributed by atoms with van der Waals surface area (Å²) < 4.78 is 4.69. The maximum absolute atomic E-state index is 11.5. The molecule has 0 aliphatic heterocycles. The van der Waals surface area contributed by atoms with Crippen molar-refractivity contribution in [1.29, 1.82) is 0 Å². The zero-order chi connectivity index (χ0) is 14.5. The molecule has 0 atom stereocenters. The summed E-state index contributed by atoms with van der Waals surface area (Å²) in [4.78, 5) is 20.2. The summed E-state index contributed by atoms with van der Waals surface area (Å²) in [5, 5.41) is 6.37. The highest BCUT2D eigenvalue weighted by Gasteiger charge is 2.10. The van der Waals surface area contributed by atoms with Gasteiger partial charge in [-0.15, -0.1) is 11.3 Å². The van der Waals surface area contributed by atoms with Crippen LogP contribution in [0.4, 0.5) is 5.82 Å². The van der Waals surface area contributed by atoms with E-state index < -0.39 is 0 Å². The molecule has 2 rings (SSSR count). The molecule has 0 aliphatic rings. The highest BCUT2D eigenvalue weighted by Crippen LogP contribution is 2.12. The van der Waals surface area contributed by atoms with Gasteiger partial charge in [-0.1, -0.05) is 0 Å². The fourth-order valence-electron chi connectivity index (χ4n) is 1.83. The Balaban J connectivity index is 1.93. The summed E-state index contributed by atoms with van der Waals surface area (Å²) in [7, 11) is 1.36. The molecule has 0 aromatic carbocycles. The molecule has 20 heavy (non-hydrogen) atoms. The van der Waals surface area contributed by atoms with Crippen molar-refractivity contribution in [3.8, 4) is 0 Å². The van der Waals surface area contributed by atoms with Crippen LogP contribution in [0.5, 0.6) is 0 Å². The number of rotatable bonds is 5. The number of methoxy groups -OCH3 is 1. The van der Waals surface area contributed by atoms with E-state index in [0.717, 1.165) is 29.5 Å². The SMILES string of the molecule is COC(=O)c1ccc(NCCc2csc(C)n2)nc1C. The Morgan fingerprint density at radius 1 is 1.35 bits per heavy atom. The summed E-state index contributed by atoms with van der Waals surface area (Å²) in [6.07, 6.45) is 0.851. The first kappa shape index (κ1) is 14.5. The first-order valence-electron chi connectivity index (χ1n) is 6.31. The van der Waals surface area contributed by atoms with Crippen LogP contribution in [-0.2, 0) is 11.2 Å². The first-order valence-corrected chi connectivity index (χ1v) is 7.19. The Kier molecular flexibility index (Phi) is 4.68. The van der Waals surface area contributed by atoms with E-state index in [1.807, 2.05) is 6.92 Å². The number of nitrogens with one attached hydrogen (secondary N) is 1. The Bertz CT molecular complexity index is 610. The molecular weight excluding hydrogens is 274 g/mol. The number of carbonyl (C=O) groups excluding carboxylic acids is 1. The molecular formula is C14H17N3O2S. The number of hydrogen-bond donors (Lipinski definition) is 1. The lowest BCUT2D eigenvalue weighted by molar-refractivity contribution is 0.0599.